The average molecular weight is 424 g/mol. The van der Waals surface area contributed by atoms with Gasteiger partial charge in [-0.1, -0.05) is 29.9 Å². The first-order chi connectivity index (χ1) is 11.8. The summed E-state index contributed by atoms with van der Waals surface area (Å²) in [7, 11) is -0.826. The van der Waals surface area contributed by atoms with Crippen LogP contribution < -0.4 is 0 Å². The molecule has 2 fully saturated rings. The highest BCUT2D eigenvalue weighted by Crippen LogP contribution is 2.55. The Bertz CT molecular complexity index is 680. The minimum atomic E-state index is -0.826. The van der Waals surface area contributed by atoms with Crippen LogP contribution in [0.1, 0.15) is 13.3 Å². The Morgan fingerprint density at radius 1 is 1.64 bits per heavy atom. The second kappa shape index (κ2) is 7.64. The molecule has 5 atom stereocenters. The smallest absolute Gasteiger partial charge is 0.357 e. The van der Waals surface area contributed by atoms with Gasteiger partial charge in [-0.2, -0.15) is 0 Å². The number of halogens is 1. The molecule has 0 aromatic carbocycles. The summed E-state index contributed by atoms with van der Waals surface area (Å²) in [6.45, 7) is 4.91. The van der Waals surface area contributed by atoms with Crippen LogP contribution in [0.2, 0.25) is 0 Å². The van der Waals surface area contributed by atoms with E-state index in [1.807, 2.05) is 0 Å². The third-order valence-corrected chi connectivity index (χ3v) is 8.79. The molecular formula is C15H18ClNO5S3. The van der Waals surface area contributed by atoms with Gasteiger partial charge in [0.05, 0.1) is 16.3 Å². The molecule has 1 N–H and O–H groups in total. The molecule has 2 saturated heterocycles. The molecule has 3 rings (SSSR count). The molecule has 0 spiro atoms. The van der Waals surface area contributed by atoms with Gasteiger partial charge >= 0.3 is 5.97 Å². The molecule has 1 amide bonds. The minimum absolute atomic E-state index is 0.132. The number of β-lactam (4-membered cyclic amide) rings is 1. The predicted molar refractivity (Wildman–Crippen MR) is 100 cm³/mol. The molecular weight excluding hydrogens is 406 g/mol. The highest BCUT2D eigenvalue weighted by Gasteiger charge is 2.58. The normalized spacial score (nSPS) is 32.4. The van der Waals surface area contributed by atoms with Crippen LogP contribution in [0.15, 0.2) is 21.5 Å². The number of carbonyl (C=O) groups is 2. The molecule has 3 aliphatic heterocycles. The van der Waals surface area contributed by atoms with Gasteiger partial charge in [-0.05, 0) is 13.3 Å². The van der Waals surface area contributed by atoms with Gasteiger partial charge in [-0.3, -0.25) is 13.9 Å². The molecule has 3 aliphatic rings. The summed E-state index contributed by atoms with van der Waals surface area (Å²) in [5, 5.41) is 9.86. The lowest BCUT2D eigenvalue weighted by molar-refractivity contribution is -0.157. The van der Waals surface area contributed by atoms with E-state index in [-0.39, 0.29) is 33.9 Å². The number of hydrogen-bond acceptors (Lipinski definition) is 7. The first kappa shape index (κ1) is 19.3. The monoisotopic (exact) mass is 423 g/mol. The van der Waals surface area contributed by atoms with E-state index in [0.29, 0.717) is 15.7 Å². The van der Waals surface area contributed by atoms with Crippen LogP contribution in [-0.4, -0.2) is 60.9 Å². The van der Waals surface area contributed by atoms with Crippen LogP contribution in [-0.2, 0) is 25.1 Å². The second-order valence-electron chi connectivity index (χ2n) is 6.05. The predicted octanol–water partition coefficient (Wildman–Crippen LogP) is 1.62. The van der Waals surface area contributed by atoms with Crippen LogP contribution in [0.5, 0.6) is 0 Å². The molecule has 10 heteroatoms. The number of aliphatic hydroxyl groups excluding tert-OH is 1. The summed E-state index contributed by atoms with van der Waals surface area (Å²) in [5.41, 5.74) is 0.206. The van der Waals surface area contributed by atoms with E-state index in [0.717, 1.165) is 6.42 Å². The van der Waals surface area contributed by atoms with Crippen molar-refractivity contribution in [2.75, 3.05) is 18.1 Å². The number of amides is 1. The summed E-state index contributed by atoms with van der Waals surface area (Å²) < 4.78 is 17.4. The number of rotatable bonds is 6. The number of esters is 1. The Morgan fingerprint density at radius 3 is 2.92 bits per heavy atom. The van der Waals surface area contributed by atoms with Gasteiger partial charge in [0.2, 0.25) is 5.91 Å². The lowest BCUT2D eigenvalue weighted by Crippen LogP contribution is -2.60. The van der Waals surface area contributed by atoms with E-state index >= 15 is 0 Å². The van der Waals surface area contributed by atoms with Crippen molar-refractivity contribution >= 4 is 57.8 Å². The van der Waals surface area contributed by atoms with Gasteiger partial charge in [0.1, 0.15) is 12.0 Å². The van der Waals surface area contributed by atoms with Gasteiger partial charge in [0.15, 0.2) is 5.70 Å². The molecule has 0 radical (unpaired) electrons. The summed E-state index contributed by atoms with van der Waals surface area (Å²) in [5.74, 6) is -0.213. The van der Waals surface area contributed by atoms with Gasteiger partial charge in [0.25, 0.3) is 0 Å². The molecule has 0 unspecified atom stereocenters. The summed E-state index contributed by atoms with van der Waals surface area (Å²) in [6, 6.07) is 0. The van der Waals surface area contributed by atoms with Crippen molar-refractivity contribution in [3.63, 3.8) is 0 Å². The Labute approximate surface area is 161 Å². The SMILES string of the molecule is C=C(Cl)COC(=O)C1=C(S[C@H]2CC[S@@](=O)C2)S[C@H]2[C@@H]([C@@H](C)O)C(=O)N12. The van der Waals surface area contributed by atoms with E-state index in [1.165, 1.54) is 28.4 Å². The third kappa shape index (κ3) is 3.80. The molecule has 6 nitrogen and oxygen atoms in total. The van der Waals surface area contributed by atoms with E-state index in [2.05, 4.69) is 6.58 Å². The van der Waals surface area contributed by atoms with Gasteiger partial charge in [0, 0.05) is 32.6 Å². The number of fused-ring (bicyclic) bond motifs is 1. The van der Waals surface area contributed by atoms with Gasteiger partial charge in [-0.15, -0.1) is 11.8 Å². The molecule has 0 aromatic rings. The molecule has 0 aliphatic carbocycles. The average Bonchev–Trinajstić information content (AvgIpc) is 3.06. The fourth-order valence-electron chi connectivity index (χ4n) is 2.92. The zero-order valence-electron chi connectivity index (χ0n) is 13.5. The Kier molecular flexibility index (Phi) is 5.89. The quantitative estimate of drug-likeness (QED) is 0.513. The number of carbonyl (C=O) groups excluding carboxylic acids is 2. The maximum absolute atomic E-state index is 12.5. The van der Waals surface area contributed by atoms with E-state index < -0.39 is 28.8 Å². The summed E-state index contributed by atoms with van der Waals surface area (Å²) >= 11 is 8.51. The number of nitrogens with zero attached hydrogens (tertiary/aromatic N) is 1. The van der Waals surface area contributed by atoms with Crippen molar-refractivity contribution in [2.24, 2.45) is 5.92 Å². The maximum Gasteiger partial charge on any atom is 0.357 e. The fourth-order valence-corrected chi connectivity index (χ4v) is 8.22. The highest BCUT2D eigenvalue weighted by molar-refractivity contribution is 8.23. The van der Waals surface area contributed by atoms with E-state index in [9.17, 15) is 18.9 Å². The van der Waals surface area contributed by atoms with Crippen molar-refractivity contribution in [3.05, 3.63) is 21.5 Å². The number of thioether (sulfide) groups is 2. The number of aliphatic hydroxyl groups is 1. The molecule has 25 heavy (non-hydrogen) atoms. The molecule has 0 bridgehead atoms. The van der Waals surface area contributed by atoms with Crippen molar-refractivity contribution in [2.45, 2.75) is 30.1 Å². The number of ether oxygens (including phenoxy) is 1. The van der Waals surface area contributed by atoms with Crippen LogP contribution in [0, 0.1) is 5.92 Å². The zero-order chi connectivity index (χ0) is 18.3. The fraction of sp³-hybridized carbons (Fsp3) is 0.600. The number of hydrogen-bond donors (Lipinski definition) is 1. The lowest BCUT2D eigenvalue weighted by Gasteiger charge is -2.43. The standard InChI is InChI=1S/C15H18ClNO5S3/c1-7(16)5-22-14(20)11-15(23-9-3-4-25(21)6-9)24-13-10(8(2)18)12(19)17(11)13/h8-10,13,18H,1,3-6H2,2H3/t8-,9+,10+,13+,25-/m1/s1. The largest absolute Gasteiger partial charge is 0.455 e. The molecule has 0 aromatic heterocycles. The van der Waals surface area contributed by atoms with E-state index in [1.54, 1.807) is 6.92 Å². The van der Waals surface area contributed by atoms with Crippen molar-refractivity contribution in [3.8, 4) is 0 Å². The van der Waals surface area contributed by atoms with Crippen LogP contribution in [0.3, 0.4) is 0 Å². The first-order valence-electron chi connectivity index (χ1n) is 7.73. The topological polar surface area (TPSA) is 83.9 Å². The summed E-state index contributed by atoms with van der Waals surface area (Å²) in [6.07, 6.45) is 0.0186. The molecule has 138 valence electrons. The Morgan fingerprint density at radius 2 is 2.36 bits per heavy atom. The minimum Gasteiger partial charge on any atom is -0.455 e. The Hall–Kier alpha value is -0.480. The Balaban J connectivity index is 1.81. The lowest BCUT2D eigenvalue weighted by atomic mass is 9.92. The van der Waals surface area contributed by atoms with E-state index in [4.69, 9.17) is 16.3 Å². The van der Waals surface area contributed by atoms with Crippen LogP contribution >= 0.6 is 35.1 Å². The van der Waals surface area contributed by atoms with Crippen LogP contribution in [0.4, 0.5) is 0 Å². The van der Waals surface area contributed by atoms with Crippen molar-refractivity contribution < 1.29 is 23.6 Å². The van der Waals surface area contributed by atoms with Gasteiger partial charge in [-0.25, -0.2) is 4.79 Å². The zero-order valence-corrected chi connectivity index (χ0v) is 16.7. The third-order valence-electron chi connectivity index (χ3n) is 4.13. The molecule has 3 heterocycles. The second-order valence-corrected chi connectivity index (χ2v) is 10.9. The van der Waals surface area contributed by atoms with Crippen LogP contribution in [0.25, 0.3) is 0 Å². The van der Waals surface area contributed by atoms with Gasteiger partial charge < -0.3 is 9.84 Å². The highest BCUT2D eigenvalue weighted by atomic mass is 35.5. The van der Waals surface area contributed by atoms with Crippen molar-refractivity contribution in [1.29, 1.82) is 0 Å². The summed E-state index contributed by atoms with van der Waals surface area (Å²) in [4.78, 5) is 26.3. The van der Waals surface area contributed by atoms with Crippen molar-refractivity contribution in [1.82, 2.24) is 4.90 Å². The first-order valence-corrected chi connectivity index (χ1v) is 11.4. The maximum atomic E-state index is 12.5. The molecule has 0 saturated carbocycles.